The Bertz CT molecular complexity index is 817. The SMILES string of the molecule is Cc1nc2ccc(NC(=O)C3CCN(C(=O)N4CCCC4)CC3)cc2o1. The van der Waals surface area contributed by atoms with Crippen LogP contribution in [0.1, 0.15) is 31.6 Å². The number of oxazole rings is 1. The highest BCUT2D eigenvalue weighted by atomic mass is 16.3. The van der Waals surface area contributed by atoms with Gasteiger partial charge in [0.25, 0.3) is 0 Å². The largest absolute Gasteiger partial charge is 0.441 e. The third kappa shape index (κ3) is 3.38. The van der Waals surface area contributed by atoms with E-state index in [1.54, 1.807) is 13.0 Å². The molecular formula is C19H24N4O3. The molecule has 0 aliphatic carbocycles. The molecule has 138 valence electrons. The van der Waals surface area contributed by atoms with Gasteiger partial charge in [-0.05, 0) is 37.8 Å². The van der Waals surface area contributed by atoms with Gasteiger partial charge in [-0.25, -0.2) is 9.78 Å². The van der Waals surface area contributed by atoms with Crippen LogP contribution in [0.2, 0.25) is 0 Å². The molecule has 3 amide bonds. The summed E-state index contributed by atoms with van der Waals surface area (Å²) in [4.78, 5) is 33.1. The second-order valence-corrected chi connectivity index (χ2v) is 7.14. The molecule has 0 bridgehead atoms. The lowest BCUT2D eigenvalue weighted by atomic mass is 9.96. The lowest BCUT2D eigenvalue weighted by molar-refractivity contribution is -0.121. The molecule has 0 atom stereocenters. The molecule has 7 heteroatoms. The molecule has 2 aromatic rings. The van der Waals surface area contributed by atoms with Crippen LogP contribution in [0.4, 0.5) is 10.5 Å². The molecular weight excluding hydrogens is 332 g/mol. The number of carbonyl (C=O) groups excluding carboxylic acids is 2. The van der Waals surface area contributed by atoms with Crippen LogP contribution in [0.3, 0.4) is 0 Å². The number of hydrogen-bond acceptors (Lipinski definition) is 4. The Balaban J connectivity index is 1.33. The van der Waals surface area contributed by atoms with Crippen LogP contribution >= 0.6 is 0 Å². The smallest absolute Gasteiger partial charge is 0.319 e. The Kier molecular flexibility index (Phi) is 4.53. The van der Waals surface area contributed by atoms with E-state index in [0.717, 1.165) is 31.4 Å². The highest BCUT2D eigenvalue weighted by Gasteiger charge is 2.30. The first-order chi connectivity index (χ1) is 12.6. The van der Waals surface area contributed by atoms with Crippen molar-refractivity contribution in [1.82, 2.24) is 14.8 Å². The van der Waals surface area contributed by atoms with Crippen LogP contribution in [0.5, 0.6) is 0 Å². The molecule has 0 unspecified atom stereocenters. The van der Waals surface area contributed by atoms with Gasteiger partial charge in [0, 0.05) is 50.8 Å². The van der Waals surface area contributed by atoms with E-state index in [1.807, 2.05) is 21.9 Å². The second kappa shape index (κ2) is 6.97. The summed E-state index contributed by atoms with van der Waals surface area (Å²) in [6, 6.07) is 5.62. The maximum atomic E-state index is 12.6. The van der Waals surface area contributed by atoms with E-state index in [4.69, 9.17) is 4.42 Å². The van der Waals surface area contributed by atoms with Crippen molar-refractivity contribution < 1.29 is 14.0 Å². The van der Waals surface area contributed by atoms with Crippen LogP contribution in [-0.4, -0.2) is 52.9 Å². The summed E-state index contributed by atoms with van der Waals surface area (Å²) in [5.74, 6) is 0.553. The highest BCUT2D eigenvalue weighted by molar-refractivity contribution is 5.94. The van der Waals surface area contributed by atoms with E-state index in [-0.39, 0.29) is 17.9 Å². The maximum Gasteiger partial charge on any atom is 0.319 e. The number of nitrogens with one attached hydrogen (secondary N) is 1. The Hall–Kier alpha value is -2.57. The normalized spacial score (nSPS) is 18.5. The minimum atomic E-state index is -0.0650. The quantitative estimate of drug-likeness (QED) is 0.897. The zero-order valence-electron chi connectivity index (χ0n) is 15.0. The monoisotopic (exact) mass is 356 g/mol. The van der Waals surface area contributed by atoms with Crippen LogP contribution in [0, 0.1) is 12.8 Å². The first kappa shape index (κ1) is 16.9. The molecule has 26 heavy (non-hydrogen) atoms. The Morgan fingerprint density at radius 2 is 1.81 bits per heavy atom. The van der Waals surface area contributed by atoms with Gasteiger partial charge in [-0.2, -0.15) is 0 Å². The van der Waals surface area contributed by atoms with Crippen molar-refractivity contribution in [2.24, 2.45) is 5.92 Å². The fraction of sp³-hybridized carbons (Fsp3) is 0.526. The highest BCUT2D eigenvalue weighted by Crippen LogP contribution is 2.24. The summed E-state index contributed by atoms with van der Waals surface area (Å²) in [6.07, 6.45) is 3.60. The first-order valence-electron chi connectivity index (χ1n) is 9.32. The molecule has 2 fully saturated rings. The number of anilines is 1. The third-order valence-corrected chi connectivity index (χ3v) is 5.28. The number of rotatable bonds is 2. The molecule has 7 nitrogen and oxygen atoms in total. The number of aryl methyl sites for hydroxylation is 1. The zero-order chi connectivity index (χ0) is 18.1. The lowest BCUT2D eigenvalue weighted by Gasteiger charge is -2.34. The minimum absolute atomic E-state index is 0.00820. The predicted molar refractivity (Wildman–Crippen MR) is 97.9 cm³/mol. The fourth-order valence-corrected chi connectivity index (χ4v) is 3.80. The van der Waals surface area contributed by atoms with Crippen molar-refractivity contribution in [3.63, 3.8) is 0 Å². The third-order valence-electron chi connectivity index (χ3n) is 5.28. The van der Waals surface area contributed by atoms with Gasteiger partial charge in [-0.15, -0.1) is 0 Å². The van der Waals surface area contributed by atoms with Crippen molar-refractivity contribution in [3.05, 3.63) is 24.1 Å². The summed E-state index contributed by atoms with van der Waals surface area (Å²) < 4.78 is 5.51. The fourth-order valence-electron chi connectivity index (χ4n) is 3.80. The molecule has 2 saturated heterocycles. The standard InChI is InChI=1S/C19H24N4O3/c1-13-20-16-5-4-15(12-17(16)26-13)21-18(24)14-6-10-23(11-7-14)19(25)22-8-2-3-9-22/h4-5,12,14H,2-3,6-11H2,1H3,(H,21,24). The molecule has 4 rings (SSSR count). The Morgan fingerprint density at radius 1 is 1.12 bits per heavy atom. The van der Waals surface area contributed by atoms with E-state index in [2.05, 4.69) is 10.3 Å². The van der Waals surface area contributed by atoms with Crippen LogP contribution in [0.15, 0.2) is 22.6 Å². The van der Waals surface area contributed by atoms with E-state index in [1.165, 1.54) is 0 Å². The van der Waals surface area contributed by atoms with Gasteiger partial charge in [0.1, 0.15) is 5.52 Å². The van der Waals surface area contributed by atoms with Crippen LogP contribution in [-0.2, 0) is 4.79 Å². The van der Waals surface area contributed by atoms with Crippen molar-refractivity contribution in [3.8, 4) is 0 Å². The minimum Gasteiger partial charge on any atom is -0.441 e. The van der Waals surface area contributed by atoms with Gasteiger partial charge in [-0.3, -0.25) is 4.79 Å². The van der Waals surface area contributed by atoms with E-state index < -0.39 is 0 Å². The van der Waals surface area contributed by atoms with Crippen molar-refractivity contribution in [2.75, 3.05) is 31.5 Å². The van der Waals surface area contributed by atoms with E-state index in [9.17, 15) is 9.59 Å². The van der Waals surface area contributed by atoms with Gasteiger partial charge in [-0.1, -0.05) is 0 Å². The predicted octanol–water partition coefficient (Wildman–Crippen LogP) is 3.00. The van der Waals surface area contributed by atoms with Crippen molar-refractivity contribution in [1.29, 1.82) is 0 Å². The molecule has 0 radical (unpaired) electrons. The molecule has 2 aliphatic rings. The second-order valence-electron chi connectivity index (χ2n) is 7.14. The molecule has 2 aliphatic heterocycles. The molecule has 1 aromatic carbocycles. The van der Waals surface area contributed by atoms with Crippen molar-refractivity contribution >= 4 is 28.7 Å². The number of hydrogen-bond donors (Lipinski definition) is 1. The van der Waals surface area contributed by atoms with E-state index in [0.29, 0.717) is 43.1 Å². The van der Waals surface area contributed by atoms with Gasteiger partial charge in [0.05, 0.1) is 0 Å². The molecule has 0 saturated carbocycles. The summed E-state index contributed by atoms with van der Waals surface area (Å²) >= 11 is 0. The van der Waals surface area contributed by atoms with Gasteiger partial charge < -0.3 is 19.5 Å². The maximum absolute atomic E-state index is 12.6. The molecule has 0 spiro atoms. The number of benzene rings is 1. The number of piperidine rings is 1. The number of aromatic nitrogens is 1. The average molecular weight is 356 g/mol. The number of carbonyl (C=O) groups is 2. The summed E-state index contributed by atoms with van der Waals surface area (Å²) in [5.41, 5.74) is 2.18. The van der Waals surface area contributed by atoms with Crippen molar-refractivity contribution in [2.45, 2.75) is 32.6 Å². The summed E-state index contributed by atoms with van der Waals surface area (Å²) in [5, 5.41) is 2.97. The molecule has 3 heterocycles. The molecule has 1 N–H and O–H groups in total. The average Bonchev–Trinajstić information content (AvgIpc) is 3.29. The van der Waals surface area contributed by atoms with E-state index >= 15 is 0 Å². The first-order valence-corrected chi connectivity index (χ1v) is 9.32. The van der Waals surface area contributed by atoms with Crippen LogP contribution < -0.4 is 5.32 Å². The number of nitrogens with zero attached hydrogens (tertiary/aromatic N) is 3. The lowest BCUT2D eigenvalue weighted by Crippen LogP contribution is -2.47. The van der Waals surface area contributed by atoms with Gasteiger partial charge >= 0.3 is 6.03 Å². The number of amides is 3. The van der Waals surface area contributed by atoms with Gasteiger partial charge in [0.2, 0.25) is 5.91 Å². The van der Waals surface area contributed by atoms with Gasteiger partial charge in [0.15, 0.2) is 11.5 Å². The number of likely N-dealkylation sites (tertiary alicyclic amines) is 2. The topological polar surface area (TPSA) is 78.7 Å². The zero-order valence-corrected chi connectivity index (χ0v) is 15.0. The summed E-state index contributed by atoms with van der Waals surface area (Å²) in [7, 11) is 0. The molecule has 1 aromatic heterocycles. The van der Waals surface area contributed by atoms with Crippen LogP contribution in [0.25, 0.3) is 11.1 Å². The Morgan fingerprint density at radius 3 is 2.54 bits per heavy atom. The summed E-state index contributed by atoms with van der Waals surface area (Å²) in [6.45, 7) is 4.82. The number of urea groups is 1. The number of fused-ring (bicyclic) bond motifs is 1. The Labute approximate surface area is 152 Å².